The Kier molecular flexibility index (Phi) is 3.17. The Bertz CT molecular complexity index is 374. The number of nitrogens with two attached hydrogens (primary N) is 1. The fourth-order valence-corrected chi connectivity index (χ4v) is 2.49. The van der Waals surface area contributed by atoms with Gasteiger partial charge in [-0.05, 0) is 43.0 Å². The zero-order valence-electron chi connectivity index (χ0n) is 9.95. The van der Waals surface area contributed by atoms with E-state index in [1.165, 1.54) is 11.1 Å². The van der Waals surface area contributed by atoms with Crippen molar-refractivity contribution in [1.82, 2.24) is 0 Å². The summed E-state index contributed by atoms with van der Waals surface area (Å²) in [6.45, 7) is 3.23. The lowest BCUT2D eigenvalue weighted by Crippen LogP contribution is -2.35. The van der Waals surface area contributed by atoms with Gasteiger partial charge < -0.3 is 15.2 Å². The maximum absolute atomic E-state index is 5.90. The molecule has 3 nitrogen and oxygen atoms in total. The normalized spacial score (nSPS) is 23.2. The molecule has 0 aromatic heterocycles. The molecule has 0 saturated heterocycles. The van der Waals surface area contributed by atoms with Gasteiger partial charge in [-0.3, -0.25) is 0 Å². The lowest BCUT2D eigenvalue weighted by Gasteiger charge is -2.29. The standard InChI is InChI=1S/C13H19NO2/c1-3-16-13(9-14)7-6-10-4-5-11(15-2)8-12(10)13/h4-5,8H,3,6-7,9,14H2,1-2H3. The highest BCUT2D eigenvalue weighted by Crippen LogP contribution is 2.40. The number of hydrogen-bond acceptors (Lipinski definition) is 3. The molecule has 3 heteroatoms. The fourth-order valence-electron chi connectivity index (χ4n) is 2.49. The first-order chi connectivity index (χ1) is 7.75. The van der Waals surface area contributed by atoms with Crippen LogP contribution >= 0.6 is 0 Å². The molecule has 1 aliphatic rings. The van der Waals surface area contributed by atoms with Crippen LogP contribution in [-0.4, -0.2) is 20.3 Å². The van der Waals surface area contributed by atoms with Crippen LogP contribution in [0.4, 0.5) is 0 Å². The summed E-state index contributed by atoms with van der Waals surface area (Å²) >= 11 is 0. The molecule has 2 N–H and O–H groups in total. The minimum atomic E-state index is -0.293. The van der Waals surface area contributed by atoms with Crippen LogP contribution in [0.3, 0.4) is 0 Å². The Morgan fingerprint density at radius 1 is 1.44 bits per heavy atom. The molecule has 88 valence electrons. The molecule has 1 aromatic carbocycles. The average Bonchev–Trinajstić information content (AvgIpc) is 2.69. The van der Waals surface area contributed by atoms with E-state index in [1.54, 1.807) is 7.11 Å². The minimum Gasteiger partial charge on any atom is -0.497 e. The highest BCUT2D eigenvalue weighted by Gasteiger charge is 2.38. The van der Waals surface area contributed by atoms with E-state index in [4.69, 9.17) is 15.2 Å². The molecule has 1 atom stereocenters. The fraction of sp³-hybridized carbons (Fsp3) is 0.538. The molecular formula is C13H19NO2. The van der Waals surface area contributed by atoms with Crippen LogP contribution in [-0.2, 0) is 16.8 Å². The van der Waals surface area contributed by atoms with Crippen LogP contribution in [0.25, 0.3) is 0 Å². The topological polar surface area (TPSA) is 44.5 Å². The Balaban J connectivity index is 2.42. The molecule has 1 unspecified atom stereocenters. The van der Waals surface area contributed by atoms with Gasteiger partial charge in [0, 0.05) is 13.2 Å². The number of methoxy groups -OCH3 is 1. The van der Waals surface area contributed by atoms with Crippen LogP contribution in [0.1, 0.15) is 24.5 Å². The Morgan fingerprint density at radius 2 is 2.25 bits per heavy atom. The molecule has 0 fully saturated rings. The highest BCUT2D eigenvalue weighted by atomic mass is 16.5. The first kappa shape index (κ1) is 11.4. The molecule has 0 bridgehead atoms. The van der Waals surface area contributed by atoms with Crippen molar-refractivity contribution in [1.29, 1.82) is 0 Å². The number of ether oxygens (including phenoxy) is 2. The zero-order valence-corrected chi connectivity index (χ0v) is 9.95. The third kappa shape index (κ3) is 1.70. The van der Waals surface area contributed by atoms with E-state index in [0.717, 1.165) is 18.6 Å². The van der Waals surface area contributed by atoms with E-state index in [9.17, 15) is 0 Å². The minimum absolute atomic E-state index is 0.293. The van der Waals surface area contributed by atoms with Gasteiger partial charge in [0.2, 0.25) is 0 Å². The maximum atomic E-state index is 5.90. The van der Waals surface area contributed by atoms with E-state index >= 15 is 0 Å². The molecule has 16 heavy (non-hydrogen) atoms. The second kappa shape index (κ2) is 4.44. The monoisotopic (exact) mass is 221 g/mol. The largest absolute Gasteiger partial charge is 0.497 e. The van der Waals surface area contributed by atoms with Gasteiger partial charge in [-0.15, -0.1) is 0 Å². The highest BCUT2D eigenvalue weighted by molar-refractivity contribution is 5.43. The van der Waals surface area contributed by atoms with E-state index in [2.05, 4.69) is 12.1 Å². The summed E-state index contributed by atoms with van der Waals surface area (Å²) in [5.41, 5.74) is 8.14. The molecular weight excluding hydrogens is 202 g/mol. The summed E-state index contributed by atoms with van der Waals surface area (Å²) < 4.78 is 11.1. The van der Waals surface area contributed by atoms with Crippen LogP contribution < -0.4 is 10.5 Å². The van der Waals surface area contributed by atoms with Crippen molar-refractivity contribution < 1.29 is 9.47 Å². The van der Waals surface area contributed by atoms with E-state index in [0.29, 0.717) is 13.2 Å². The summed E-state index contributed by atoms with van der Waals surface area (Å²) in [7, 11) is 1.68. The predicted molar refractivity (Wildman–Crippen MR) is 63.7 cm³/mol. The van der Waals surface area contributed by atoms with Crippen molar-refractivity contribution in [2.75, 3.05) is 20.3 Å². The lowest BCUT2D eigenvalue weighted by atomic mass is 9.95. The van der Waals surface area contributed by atoms with Crippen molar-refractivity contribution in [2.45, 2.75) is 25.4 Å². The van der Waals surface area contributed by atoms with Gasteiger partial charge in [0.1, 0.15) is 11.4 Å². The van der Waals surface area contributed by atoms with Crippen molar-refractivity contribution in [3.8, 4) is 5.75 Å². The summed E-state index contributed by atoms with van der Waals surface area (Å²) in [5.74, 6) is 0.873. The number of hydrogen-bond donors (Lipinski definition) is 1. The lowest BCUT2D eigenvalue weighted by molar-refractivity contribution is -0.0356. The van der Waals surface area contributed by atoms with Gasteiger partial charge in [0.15, 0.2) is 0 Å². The molecule has 0 heterocycles. The van der Waals surface area contributed by atoms with Crippen molar-refractivity contribution in [3.63, 3.8) is 0 Å². The molecule has 0 amide bonds. The average molecular weight is 221 g/mol. The van der Waals surface area contributed by atoms with Gasteiger partial charge >= 0.3 is 0 Å². The van der Waals surface area contributed by atoms with Crippen LogP contribution in [0.5, 0.6) is 5.75 Å². The first-order valence-corrected chi connectivity index (χ1v) is 5.77. The van der Waals surface area contributed by atoms with Crippen molar-refractivity contribution in [2.24, 2.45) is 5.73 Å². The van der Waals surface area contributed by atoms with Crippen molar-refractivity contribution >= 4 is 0 Å². The van der Waals surface area contributed by atoms with E-state index in [1.807, 2.05) is 13.0 Å². The van der Waals surface area contributed by atoms with E-state index < -0.39 is 0 Å². The molecule has 0 saturated carbocycles. The van der Waals surface area contributed by atoms with Crippen LogP contribution in [0.15, 0.2) is 18.2 Å². The number of fused-ring (bicyclic) bond motifs is 1. The summed E-state index contributed by atoms with van der Waals surface area (Å²) in [6, 6.07) is 6.17. The third-order valence-electron chi connectivity index (χ3n) is 3.36. The molecule has 2 rings (SSSR count). The van der Waals surface area contributed by atoms with Gasteiger partial charge in [0.05, 0.1) is 7.11 Å². The zero-order chi connectivity index (χ0) is 11.6. The predicted octanol–water partition coefficient (Wildman–Crippen LogP) is 1.83. The smallest absolute Gasteiger partial charge is 0.119 e. The number of rotatable bonds is 4. The molecule has 0 radical (unpaired) electrons. The van der Waals surface area contributed by atoms with E-state index in [-0.39, 0.29) is 5.60 Å². The molecule has 1 aromatic rings. The SMILES string of the molecule is CCOC1(CN)CCc2ccc(OC)cc21. The van der Waals surface area contributed by atoms with Crippen LogP contribution in [0.2, 0.25) is 0 Å². The molecule has 0 spiro atoms. The third-order valence-corrected chi connectivity index (χ3v) is 3.36. The summed E-state index contributed by atoms with van der Waals surface area (Å²) in [4.78, 5) is 0. The maximum Gasteiger partial charge on any atom is 0.119 e. The van der Waals surface area contributed by atoms with Gasteiger partial charge in [-0.2, -0.15) is 0 Å². The Hall–Kier alpha value is -1.06. The van der Waals surface area contributed by atoms with Gasteiger partial charge in [0.25, 0.3) is 0 Å². The Labute approximate surface area is 96.5 Å². The van der Waals surface area contributed by atoms with Gasteiger partial charge in [-0.25, -0.2) is 0 Å². The van der Waals surface area contributed by atoms with Gasteiger partial charge in [-0.1, -0.05) is 6.07 Å². The Morgan fingerprint density at radius 3 is 2.88 bits per heavy atom. The quantitative estimate of drug-likeness (QED) is 0.843. The van der Waals surface area contributed by atoms with Crippen molar-refractivity contribution in [3.05, 3.63) is 29.3 Å². The van der Waals surface area contributed by atoms with Crippen LogP contribution in [0, 0.1) is 0 Å². The first-order valence-electron chi connectivity index (χ1n) is 5.77. The number of benzene rings is 1. The summed E-state index contributed by atoms with van der Waals surface area (Å²) in [5, 5.41) is 0. The molecule has 1 aliphatic carbocycles. The number of aryl methyl sites for hydroxylation is 1. The second-order valence-corrected chi connectivity index (χ2v) is 4.15. The molecule has 0 aliphatic heterocycles. The summed E-state index contributed by atoms with van der Waals surface area (Å²) in [6.07, 6.45) is 2.01. The second-order valence-electron chi connectivity index (χ2n) is 4.15.